The summed E-state index contributed by atoms with van der Waals surface area (Å²) in [5.74, 6) is 11.3. The van der Waals surface area contributed by atoms with E-state index in [1.165, 1.54) is 19.3 Å². The third-order valence-corrected chi connectivity index (χ3v) is 5.12. The Hall–Kier alpha value is -1.90. The van der Waals surface area contributed by atoms with Crippen molar-refractivity contribution in [2.45, 2.75) is 76.0 Å². The van der Waals surface area contributed by atoms with E-state index in [2.05, 4.69) is 30.6 Å². The van der Waals surface area contributed by atoms with E-state index in [1.807, 2.05) is 30.3 Å². The van der Waals surface area contributed by atoms with E-state index in [4.69, 9.17) is 18.9 Å². The molecule has 2 N–H and O–H groups in total. The largest absolute Gasteiger partial charge is 0.387 e. The molecule has 3 rings (SSSR count). The number of hydrogen-bond donors (Lipinski definition) is 2. The molecule has 6 heteroatoms. The maximum Gasteiger partial charge on any atom is 0.187 e. The monoisotopic (exact) mass is 414 g/mol. The maximum atomic E-state index is 10.5. The van der Waals surface area contributed by atoms with E-state index < -0.39 is 37.0 Å². The average Bonchev–Trinajstić information content (AvgIpc) is 2.78. The third-order valence-electron chi connectivity index (χ3n) is 5.12. The minimum atomic E-state index is -1.24. The molecule has 6 atom stereocenters. The van der Waals surface area contributed by atoms with Gasteiger partial charge in [-0.1, -0.05) is 68.4 Å². The summed E-state index contributed by atoms with van der Waals surface area (Å²) in [6.45, 7) is 2.45. The molecule has 1 aromatic rings. The van der Waals surface area contributed by atoms with Crippen molar-refractivity contribution in [2.75, 3.05) is 13.2 Å². The molecule has 0 radical (unpaired) electrons. The normalized spacial score (nSPS) is 30.4. The molecule has 1 unspecified atom stereocenters. The van der Waals surface area contributed by atoms with Gasteiger partial charge < -0.3 is 29.2 Å². The highest BCUT2D eigenvalue weighted by molar-refractivity contribution is 5.25. The third kappa shape index (κ3) is 6.30. The van der Waals surface area contributed by atoms with Crippen LogP contribution in [-0.4, -0.2) is 54.1 Å². The summed E-state index contributed by atoms with van der Waals surface area (Å²) in [6.07, 6.45) is 0.335. The average molecular weight is 414 g/mol. The van der Waals surface area contributed by atoms with Gasteiger partial charge in [0.2, 0.25) is 0 Å². The first kappa shape index (κ1) is 22.8. The van der Waals surface area contributed by atoms with Gasteiger partial charge in [0.15, 0.2) is 12.6 Å². The van der Waals surface area contributed by atoms with Crippen LogP contribution in [0.15, 0.2) is 30.3 Å². The standard InChI is InChI=1S/C24H30O6/c1-2-3-4-5-6-7-8-9-13-16-27-24-21(26)20(25)22-19(29-24)17-28-23(30-22)18-14-11-10-12-15-18/h10-12,14-15,19-26H,2-6,16-17H2,1H3/t19-,20-,21-,22+,23?,24-/m1/s1. The second-order valence-corrected chi connectivity index (χ2v) is 7.43. The van der Waals surface area contributed by atoms with Crippen LogP contribution < -0.4 is 0 Å². The van der Waals surface area contributed by atoms with Crippen LogP contribution >= 0.6 is 0 Å². The summed E-state index contributed by atoms with van der Waals surface area (Å²) in [6, 6.07) is 9.45. The Morgan fingerprint density at radius 2 is 1.80 bits per heavy atom. The van der Waals surface area contributed by atoms with E-state index in [0.29, 0.717) is 0 Å². The molecule has 2 saturated heterocycles. The molecule has 2 heterocycles. The number of ether oxygens (including phenoxy) is 4. The fraction of sp³-hybridized carbons (Fsp3) is 0.583. The molecule has 6 nitrogen and oxygen atoms in total. The highest BCUT2D eigenvalue weighted by Gasteiger charge is 2.49. The molecule has 0 bridgehead atoms. The Labute approximate surface area is 178 Å². The van der Waals surface area contributed by atoms with Crippen LogP contribution in [0.1, 0.15) is 50.9 Å². The summed E-state index contributed by atoms with van der Waals surface area (Å²) < 4.78 is 22.8. The predicted molar refractivity (Wildman–Crippen MR) is 111 cm³/mol. The van der Waals surface area contributed by atoms with Gasteiger partial charge in [0.25, 0.3) is 0 Å². The molecule has 2 aliphatic rings. The first-order chi connectivity index (χ1) is 14.7. The molecule has 0 spiro atoms. The Bertz CT molecular complexity index is 757. The van der Waals surface area contributed by atoms with Crippen molar-refractivity contribution in [2.24, 2.45) is 0 Å². The van der Waals surface area contributed by atoms with Crippen molar-refractivity contribution in [3.05, 3.63) is 35.9 Å². The molecule has 0 aliphatic carbocycles. The number of aliphatic hydroxyl groups is 2. The van der Waals surface area contributed by atoms with Crippen molar-refractivity contribution >= 4 is 0 Å². The van der Waals surface area contributed by atoms with Crippen molar-refractivity contribution in [1.82, 2.24) is 0 Å². The molecule has 2 fully saturated rings. The van der Waals surface area contributed by atoms with E-state index in [9.17, 15) is 10.2 Å². The van der Waals surface area contributed by atoms with Crippen molar-refractivity contribution in [3.63, 3.8) is 0 Å². The van der Waals surface area contributed by atoms with Gasteiger partial charge in [-0.3, -0.25) is 0 Å². The summed E-state index contributed by atoms with van der Waals surface area (Å²) in [7, 11) is 0. The molecular formula is C24H30O6. The van der Waals surface area contributed by atoms with Crippen LogP contribution in [0.4, 0.5) is 0 Å². The van der Waals surface area contributed by atoms with E-state index >= 15 is 0 Å². The van der Waals surface area contributed by atoms with Crippen LogP contribution in [0, 0.1) is 23.7 Å². The van der Waals surface area contributed by atoms with Crippen molar-refractivity contribution < 1.29 is 29.2 Å². The van der Waals surface area contributed by atoms with Crippen LogP contribution in [0.5, 0.6) is 0 Å². The minimum absolute atomic E-state index is 0.0463. The predicted octanol–water partition coefficient (Wildman–Crippen LogP) is 2.54. The lowest BCUT2D eigenvalue weighted by Gasteiger charge is -2.46. The molecular weight excluding hydrogens is 384 g/mol. The van der Waals surface area contributed by atoms with Crippen LogP contribution in [0.2, 0.25) is 0 Å². The van der Waals surface area contributed by atoms with E-state index in [0.717, 1.165) is 18.4 Å². The quantitative estimate of drug-likeness (QED) is 0.528. The highest BCUT2D eigenvalue weighted by Crippen LogP contribution is 2.34. The van der Waals surface area contributed by atoms with E-state index in [1.54, 1.807) is 0 Å². The number of benzene rings is 1. The Kier molecular flexibility index (Phi) is 9.17. The number of fused-ring (bicyclic) bond motifs is 1. The summed E-state index contributed by atoms with van der Waals surface area (Å²) in [4.78, 5) is 0. The maximum absolute atomic E-state index is 10.5. The van der Waals surface area contributed by atoms with Gasteiger partial charge in [0.1, 0.15) is 31.0 Å². The smallest absolute Gasteiger partial charge is 0.187 e. The Balaban J connectivity index is 1.45. The van der Waals surface area contributed by atoms with Gasteiger partial charge in [-0.2, -0.15) is 0 Å². The molecule has 162 valence electrons. The number of aliphatic hydroxyl groups excluding tert-OH is 2. The number of rotatable bonds is 7. The SMILES string of the molecule is CCCCCCC#CC#CCO[C@@H]1O[C@@H]2COC(c3ccccc3)O[C@@H]2[C@H](O)[C@H]1O. The first-order valence-corrected chi connectivity index (χ1v) is 10.6. The lowest BCUT2D eigenvalue weighted by molar-refractivity contribution is -0.359. The Morgan fingerprint density at radius 3 is 2.60 bits per heavy atom. The van der Waals surface area contributed by atoms with Gasteiger partial charge in [0, 0.05) is 12.0 Å². The summed E-state index contributed by atoms with van der Waals surface area (Å²) in [5.41, 5.74) is 0.845. The Morgan fingerprint density at radius 1 is 1.00 bits per heavy atom. The lowest BCUT2D eigenvalue weighted by Crippen LogP contribution is -2.62. The zero-order valence-corrected chi connectivity index (χ0v) is 17.3. The molecule has 0 saturated carbocycles. The van der Waals surface area contributed by atoms with Gasteiger partial charge in [0.05, 0.1) is 6.61 Å². The van der Waals surface area contributed by atoms with Crippen LogP contribution in [-0.2, 0) is 18.9 Å². The molecule has 0 amide bonds. The van der Waals surface area contributed by atoms with Crippen LogP contribution in [0.25, 0.3) is 0 Å². The first-order valence-electron chi connectivity index (χ1n) is 10.6. The topological polar surface area (TPSA) is 77.4 Å². The zero-order valence-electron chi connectivity index (χ0n) is 17.3. The number of unbranched alkanes of at least 4 members (excludes halogenated alkanes) is 4. The van der Waals surface area contributed by atoms with Gasteiger partial charge in [-0.25, -0.2) is 0 Å². The minimum Gasteiger partial charge on any atom is -0.387 e. The highest BCUT2D eigenvalue weighted by atomic mass is 16.8. The fourth-order valence-electron chi connectivity index (χ4n) is 3.45. The summed E-state index contributed by atoms with van der Waals surface area (Å²) >= 11 is 0. The van der Waals surface area contributed by atoms with E-state index in [-0.39, 0.29) is 13.2 Å². The van der Waals surface area contributed by atoms with Crippen molar-refractivity contribution in [1.29, 1.82) is 0 Å². The van der Waals surface area contributed by atoms with Crippen molar-refractivity contribution in [3.8, 4) is 23.7 Å². The molecule has 0 aromatic heterocycles. The van der Waals surface area contributed by atoms with Gasteiger partial charge in [-0.05, 0) is 18.3 Å². The van der Waals surface area contributed by atoms with Crippen LogP contribution in [0.3, 0.4) is 0 Å². The lowest BCUT2D eigenvalue weighted by atomic mass is 9.98. The molecule has 30 heavy (non-hydrogen) atoms. The van der Waals surface area contributed by atoms with Gasteiger partial charge >= 0.3 is 0 Å². The number of hydrogen-bond acceptors (Lipinski definition) is 6. The second-order valence-electron chi connectivity index (χ2n) is 7.43. The molecule has 2 aliphatic heterocycles. The van der Waals surface area contributed by atoms with Gasteiger partial charge in [-0.15, -0.1) is 0 Å². The zero-order chi connectivity index (χ0) is 21.2. The summed E-state index contributed by atoms with van der Waals surface area (Å²) in [5, 5.41) is 20.9. The molecule has 1 aromatic carbocycles. The fourth-order valence-corrected chi connectivity index (χ4v) is 3.45. The second kappa shape index (κ2) is 12.1.